The van der Waals surface area contributed by atoms with Gasteiger partial charge in [-0.3, -0.25) is 10.1 Å². The number of nitro benzene ring substituents is 1. The number of hydrogen-bond donors (Lipinski definition) is 1. The summed E-state index contributed by atoms with van der Waals surface area (Å²) >= 11 is 3.22. The molecule has 0 amide bonds. The lowest BCUT2D eigenvalue weighted by Crippen LogP contribution is -2.00. The summed E-state index contributed by atoms with van der Waals surface area (Å²) in [6, 6.07) is 2.94. The minimum absolute atomic E-state index is 0.0127. The predicted molar refractivity (Wildman–Crippen MR) is 69.6 cm³/mol. The first-order valence-electron chi connectivity index (χ1n) is 5.13. The number of halogens is 1. The molecule has 2 rings (SSSR count). The van der Waals surface area contributed by atoms with Crippen LogP contribution in [0.25, 0.3) is 5.69 Å². The van der Waals surface area contributed by atoms with Gasteiger partial charge in [0.15, 0.2) is 0 Å². The molecule has 0 spiro atoms. The van der Waals surface area contributed by atoms with Gasteiger partial charge in [-0.2, -0.15) is 5.10 Å². The Labute approximate surface area is 115 Å². The number of aromatic nitrogens is 2. The lowest BCUT2D eigenvalue weighted by molar-refractivity contribution is -0.385. The number of carboxylic acid groups (broad SMARTS) is 1. The molecule has 0 saturated carbocycles. The van der Waals surface area contributed by atoms with Crippen molar-refractivity contribution in [3.05, 3.63) is 50.2 Å². The smallest absolute Gasteiger partial charge is 0.338 e. The average Bonchev–Trinajstić information content (AvgIpc) is 2.80. The van der Waals surface area contributed by atoms with Crippen LogP contribution in [0.1, 0.15) is 15.9 Å². The molecule has 0 fully saturated rings. The molecule has 0 aliphatic carbocycles. The molecule has 1 heterocycles. The Bertz CT molecular complexity index is 681. The van der Waals surface area contributed by atoms with E-state index in [1.807, 2.05) is 0 Å². The van der Waals surface area contributed by atoms with Gasteiger partial charge in [0.1, 0.15) is 0 Å². The van der Waals surface area contributed by atoms with E-state index >= 15 is 0 Å². The highest BCUT2D eigenvalue weighted by atomic mass is 79.9. The van der Waals surface area contributed by atoms with Crippen LogP contribution < -0.4 is 0 Å². The third-order valence-electron chi connectivity index (χ3n) is 2.54. The standard InChI is InChI=1S/C11H8BrN3O4/c1-6-2-10(8(12)3-9(6)15(18)19)14-5-7(4-13-14)11(16)17/h2-5H,1H3,(H,16,17). The first kappa shape index (κ1) is 13.2. The van der Waals surface area contributed by atoms with E-state index in [9.17, 15) is 14.9 Å². The summed E-state index contributed by atoms with van der Waals surface area (Å²) in [6.07, 6.45) is 2.55. The topological polar surface area (TPSA) is 98.3 Å². The molecule has 1 aromatic heterocycles. The fraction of sp³-hybridized carbons (Fsp3) is 0.0909. The Balaban J connectivity index is 2.53. The lowest BCUT2D eigenvalue weighted by Gasteiger charge is -2.06. The second-order valence-electron chi connectivity index (χ2n) is 3.83. The van der Waals surface area contributed by atoms with E-state index in [0.717, 1.165) is 0 Å². The zero-order valence-corrected chi connectivity index (χ0v) is 11.3. The second kappa shape index (κ2) is 4.81. The fourth-order valence-electron chi connectivity index (χ4n) is 1.59. The first-order valence-corrected chi connectivity index (χ1v) is 5.92. The number of hydrogen-bond acceptors (Lipinski definition) is 4. The summed E-state index contributed by atoms with van der Waals surface area (Å²) < 4.78 is 1.81. The molecule has 19 heavy (non-hydrogen) atoms. The highest BCUT2D eigenvalue weighted by Crippen LogP contribution is 2.29. The maximum atomic E-state index is 10.8. The Kier molecular flexibility index (Phi) is 3.34. The van der Waals surface area contributed by atoms with Crippen LogP contribution in [-0.4, -0.2) is 25.8 Å². The van der Waals surface area contributed by atoms with E-state index in [2.05, 4.69) is 21.0 Å². The van der Waals surface area contributed by atoms with E-state index in [1.165, 1.54) is 23.1 Å². The molecule has 0 aliphatic heterocycles. The summed E-state index contributed by atoms with van der Waals surface area (Å²) in [5, 5.41) is 23.6. The summed E-state index contributed by atoms with van der Waals surface area (Å²) in [4.78, 5) is 21.1. The molecule has 8 heteroatoms. The fourth-order valence-corrected chi connectivity index (χ4v) is 2.11. The Morgan fingerprint density at radius 1 is 1.53 bits per heavy atom. The maximum absolute atomic E-state index is 10.8. The van der Waals surface area contributed by atoms with Crippen LogP contribution in [0.2, 0.25) is 0 Å². The van der Waals surface area contributed by atoms with E-state index in [4.69, 9.17) is 5.11 Å². The van der Waals surface area contributed by atoms with Crippen molar-refractivity contribution in [3.63, 3.8) is 0 Å². The van der Waals surface area contributed by atoms with Crippen LogP contribution in [-0.2, 0) is 0 Å². The average molecular weight is 326 g/mol. The van der Waals surface area contributed by atoms with Crippen molar-refractivity contribution in [3.8, 4) is 5.69 Å². The van der Waals surface area contributed by atoms with Gasteiger partial charge in [-0.15, -0.1) is 0 Å². The maximum Gasteiger partial charge on any atom is 0.338 e. The molecule has 0 bridgehead atoms. The highest BCUT2D eigenvalue weighted by Gasteiger charge is 2.16. The Morgan fingerprint density at radius 2 is 2.21 bits per heavy atom. The molecular weight excluding hydrogens is 318 g/mol. The van der Waals surface area contributed by atoms with Crippen molar-refractivity contribution < 1.29 is 14.8 Å². The zero-order valence-electron chi connectivity index (χ0n) is 9.70. The van der Waals surface area contributed by atoms with Crippen molar-refractivity contribution in [2.45, 2.75) is 6.92 Å². The third kappa shape index (κ3) is 2.48. The van der Waals surface area contributed by atoms with Gasteiger partial charge in [-0.1, -0.05) is 0 Å². The quantitative estimate of drug-likeness (QED) is 0.690. The van der Waals surface area contributed by atoms with Crippen molar-refractivity contribution in [1.82, 2.24) is 9.78 Å². The number of benzene rings is 1. The van der Waals surface area contributed by atoms with Gasteiger partial charge in [0.25, 0.3) is 5.69 Å². The van der Waals surface area contributed by atoms with Crippen LogP contribution in [0.3, 0.4) is 0 Å². The van der Waals surface area contributed by atoms with Crippen LogP contribution in [0.5, 0.6) is 0 Å². The number of aryl methyl sites for hydroxylation is 1. The minimum Gasteiger partial charge on any atom is -0.478 e. The van der Waals surface area contributed by atoms with Gasteiger partial charge < -0.3 is 5.11 Å². The zero-order chi connectivity index (χ0) is 14.2. The number of carbonyl (C=O) groups is 1. The first-order chi connectivity index (χ1) is 8.90. The molecule has 0 saturated heterocycles. The summed E-state index contributed by atoms with van der Waals surface area (Å²) in [6.45, 7) is 1.61. The van der Waals surface area contributed by atoms with Crippen molar-refractivity contribution in [2.24, 2.45) is 0 Å². The monoisotopic (exact) mass is 325 g/mol. The van der Waals surface area contributed by atoms with E-state index in [1.54, 1.807) is 13.0 Å². The third-order valence-corrected chi connectivity index (χ3v) is 3.17. The number of nitro groups is 1. The van der Waals surface area contributed by atoms with E-state index in [0.29, 0.717) is 15.7 Å². The van der Waals surface area contributed by atoms with Crippen LogP contribution in [0.15, 0.2) is 29.0 Å². The van der Waals surface area contributed by atoms with Crippen molar-refractivity contribution in [1.29, 1.82) is 0 Å². The van der Waals surface area contributed by atoms with Crippen LogP contribution in [0.4, 0.5) is 5.69 Å². The number of rotatable bonds is 3. The lowest BCUT2D eigenvalue weighted by atomic mass is 10.2. The van der Waals surface area contributed by atoms with Gasteiger partial charge in [-0.05, 0) is 28.9 Å². The number of nitrogens with zero attached hydrogens (tertiary/aromatic N) is 3. The molecule has 0 atom stereocenters. The summed E-state index contributed by atoms with van der Waals surface area (Å²) in [7, 11) is 0. The van der Waals surface area contributed by atoms with Crippen molar-refractivity contribution >= 4 is 27.6 Å². The van der Waals surface area contributed by atoms with E-state index < -0.39 is 10.9 Å². The normalized spacial score (nSPS) is 10.4. The summed E-state index contributed by atoms with van der Waals surface area (Å²) in [5.74, 6) is -1.08. The van der Waals surface area contributed by atoms with Gasteiger partial charge in [-0.25, -0.2) is 9.48 Å². The highest BCUT2D eigenvalue weighted by molar-refractivity contribution is 9.10. The van der Waals surface area contributed by atoms with E-state index in [-0.39, 0.29) is 11.3 Å². The van der Waals surface area contributed by atoms with Gasteiger partial charge in [0, 0.05) is 17.8 Å². The second-order valence-corrected chi connectivity index (χ2v) is 4.68. The molecule has 0 radical (unpaired) electrons. The Hall–Kier alpha value is -2.22. The Morgan fingerprint density at radius 3 is 2.74 bits per heavy atom. The number of aromatic carboxylic acids is 1. The SMILES string of the molecule is Cc1cc(-n2cc(C(=O)O)cn2)c(Br)cc1[N+](=O)[O-]. The molecular formula is C11H8BrN3O4. The van der Waals surface area contributed by atoms with Gasteiger partial charge in [0.2, 0.25) is 0 Å². The molecule has 0 unspecified atom stereocenters. The molecule has 2 aromatic rings. The number of carboxylic acids is 1. The van der Waals surface area contributed by atoms with Crippen LogP contribution >= 0.6 is 15.9 Å². The predicted octanol–water partition coefficient (Wildman–Crippen LogP) is 2.55. The molecule has 7 nitrogen and oxygen atoms in total. The molecule has 98 valence electrons. The van der Waals surface area contributed by atoms with Crippen LogP contribution in [0, 0.1) is 17.0 Å². The molecule has 0 aliphatic rings. The summed E-state index contributed by atoms with van der Waals surface area (Å²) in [5.41, 5.74) is 1.04. The van der Waals surface area contributed by atoms with Gasteiger partial charge >= 0.3 is 5.97 Å². The van der Waals surface area contributed by atoms with Gasteiger partial charge in [0.05, 0.1) is 26.8 Å². The largest absolute Gasteiger partial charge is 0.478 e. The molecule has 1 N–H and O–H groups in total. The minimum atomic E-state index is -1.08. The van der Waals surface area contributed by atoms with Crippen molar-refractivity contribution in [2.75, 3.05) is 0 Å². The molecule has 1 aromatic carbocycles.